The zero-order valence-corrected chi connectivity index (χ0v) is 12.0. The third-order valence-corrected chi connectivity index (χ3v) is 2.76. The van der Waals surface area contributed by atoms with E-state index in [4.69, 9.17) is 4.52 Å². The van der Waals surface area contributed by atoms with Crippen LogP contribution in [0.15, 0.2) is 28.8 Å². The summed E-state index contributed by atoms with van der Waals surface area (Å²) < 4.78 is 22.6. The van der Waals surface area contributed by atoms with Crippen molar-refractivity contribution in [2.75, 3.05) is 6.61 Å². The number of benzene rings is 1. The van der Waals surface area contributed by atoms with Gasteiger partial charge in [0, 0.05) is 5.56 Å². The minimum absolute atomic E-state index is 0.142. The SMILES string of the molecule is CCOC(=O)NNC(=O)c1c(-c2ccc(F)cc2)noc1C. The third-order valence-electron chi connectivity index (χ3n) is 2.76. The maximum atomic E-state index is 13.0. The topological polar surface area (TPSA) is 93.5 Å². The van der Waals surface area contributed by atoms with E-state index in [2.05, 4.69) is 20.7 Å². The van der Waals surface area contributed by atoms with Gasteiger partial charge in [0.2, 0.25) is 0 Å². The number of hydrazine groups is 1. The molecule has 0 aliphatic carbocycles. The summed E-state index contributed by atoms with van der Waals surface area (Å²) in [6, 6.07) is 5.44. The van der Waals surface area contributed by atoms with Gasteiger partial charge in [-0.15, -0.1) is 0 Å². The van der Waals surface area contributed by atoms with Crippen molar-refractivity contribution in [2.45, 2.75) is 13.8 Å². The predicted octanol–water partition coefficient (Wildman–Crippen LogP) is 2.18. The van der Waals surface area contributed by atoms with E-state index in [0.29, 0.717) is 5.56 Å². The Morgan fingerprint density at radius 3 is 2.59 bits per heavy atom. The Balaban J connectivity index is 2.20. The summed E-state index contributed by atoms with van der Waals surface area (Å²) in [6.07, 6.45) is -0.784. The van der Waals surface area contributed by atoms with Gasteiger partial charge in [-0.2, -0.15) is 0 Å². The van der Waals surface area contributed by atoms with Gasteiger partial charge in [-0.05, 0) is 38.1 Å². The molecule has 0 unspecified atom stereocenters. The fourth-order valence-electron chi connectivity index (χ4n) is 1.78. The van der Waals surface area contributed by atoms with E-state index in [-0.39, 0.29) is 23.6 Å². The quantitative estimate of drug-likeness (QED) is 0.848. The lowest BCUT2D eigenvalue weighted by atomic mass is 10.1. The van der Waals surface area contributed by atoms with Gasteiger partial charge in [-0.1, -0.05) is 5.16 Å². The molecule has 0 aliphatic heterocycles. The minimum atomic E-state index is -0.784. The van der Waals surface area contributed by atoms with E-state index < -0.39 is 17.8 Å². The number of halogens is 1. The number of nitrogens with zero attached hydrogens (tertiary/aromatic N) is 1. The Morgan fingerprint density at radius 1 is 1.27 bits per heavy atom. The molecule has 1 heterocycles. The van der Waals surface area contributed by atoms with E-state index in [0.717, 1.165) is 0 Å². The molecular formula is C14H14FN3O4. The van der Waals surface area contributed by atoms with Crippen LogP contribution in [0.5, 0.6) is 0 Å². The van der Waals surface area contributed by atoms with Crippen molar-refractivity contribution in [3.8, 4) is 11.3 Å². The first-order chi connectivity index (χ1) is 10.5. The summed E-state index contributed by atoms with van der Waals surface area (Å²) in [6.45, 7) is 3.37. The number of hydrogen-bond acceptors (Lipinski definition) is 5. The van der Waals surface area contributed by atoms with Crippen molar-refractivity contribution >= 4 is 12.0 Å². The zero-order chi connectivity index (χ0) is 16.1. The lowest BCUT2D eigenvalue weighted by Crippen LogP contribution is -2.42. The van der Waals surface area contributed by atoms with Crippen molar-refractivity contribution in [1.82, 2.24) is 16.0 Å². The number of rotatable bonds is 3. The number of carbonyl (C=O) groups is 2. The number of carbonyl (C=O) groups excluding carboxylic acids is 2. The highest BCUT2D eigenvalue weighted by Gasteiger charge is 2.22. The first kappa shape index (κ1) is 15.5. The van der Waals surface area contributed by atoms with Crippen LogP contribution < -0.4 is 10.9 Å². The Morgan fingerprint density at radius 2 is 1.95 bits per heavy atom. The summed E-state index contributed by atoms with van der Waals surface area (Å²) in [5.74, 6) is -0.757. The molecule has 2 rings (SSSR count). The molecule has 0 saturated carbocycles. The average Bonchev–Trinajstić information content (AvgIpc) is 2.88. The molecular weight excluding hydrogens is 293 g/mol. The van der Waals surface area contributed by atoms with Gasteiger partial charge >= 0.3 is 6.09 Å². The number of hydrogen-bond donors (Lipinski definition) is 2. The third kappa shape index (κ3) is 3.40. The van der Waals surface area contributed by atoms with Gasteiger partial charge in [0.25, 0.3) is 5.91 Å². The van der Waals surface area contributed by atoms with Gasteiger partial charge in [0.1, 0.15) is 22.8 Å². The summed E-state index contributed by atoms with van der Waals surface area (Å²) in [4.78, 5) is 23.3. The molecule has 1 aromatic heterocycles. The number of aromatic nitrogens is 1. The molecule has 0 saturated heterocycles. The molecule has 0 spiro atoms. The fourth-order valence-corrected chi connectivity index (χ4v) is 1.78. The molecule has 8 heteroatoms. The van der Waals surface area contributed by atoms with Crippen LogP contribution in [-0.4, -0.2) is 23.8 Å². The second-order valence-corrected chi connectivity index (χ2v) is 4.27. The normalized spacial score (nSPS) is 10.1. The zero-order valence-electron chi connectivity index (χ0n) is 12.0. The number of aryl methyl sites for hydroxylation is 1. The molecule has 0 atom stereocenters. The largest absolute Gasteiger partial charge is 0.449 e. The van der Waals surface area contributed by atoms with Gasteiger partial charge in [0.15, 0.2) is 0 Å². The Labute approximate surface area is 125 Å². The Kier molecular flexibility index (Phi) is 4.72. The average molecular weight is 307 g/mol. The molecule has 1 aromatic carbocycles. The number of ether oxygens (including phenoxy) is 1. The predicted molar refractivity (Wildman–Crippen MR) is 74.3 cm³/mol. The molecule has 0 bridgehead atoms. The van der Waals surface area contributed by atoms with Crippen molar-refractivity contribution in [1.29, 1.82) is 0 Å². The van der Waals surface area contributed by atoms with Gasteiger partial charge in [-0.25, -0.2) is 14.6 Å². The summed E-state index contributed by atoms with van der Waals surface area (Å²) in [5, 5.41) is 3.80. The van der Waals surface area contributed by atoms with Crippen LogP contribution in [0.25, 0.3) is 11.3 Å². The van der Waals surface area contributed by atoms with Crippen LogP contribution in [0.3, 0.4) is 0 Å². The molecule has 2 N–H and O–H groups in total. The second-order valence-electron chi connectivity index (χ2n) is 4.27. The molecule has 0 radical (unpaired) electrons. The van der Waals surface area contributed by atoms with Crippen LogP contribution in [0.2, 0.25) is 0 Å². The second kappa shape index (κ2) is 6.70. The van der Waals surface area contributed by atoms with E-state index in [1.807, 2.05) is 0 Å². The number of amides is 2. The monoisotopic (exact) mass is 307 g/mol. The summed E-state index contributed by atoms with van der Waals surface area (Å²) >= 11 is 0. The van der Waals surface area contributed by atoms with Crippen LogP contribution in [0.1, 0.15) is 23.0 Å². The Hall–Kier alpha value is -2.90. The highest BCUT2D eigenvalue weighted by atomic mass is 19.1. The molecule has 0 aliphatic rings. The van der Waals surface area contributed by atoms with E-state index in [9.17, 15) is 14.0 Å². The van der Waals surface area contributed by atoms with Gasteiger partial charge in [-0.3, -0.25) is 10.2 Å². The molecule has 7 nitrogen and oxygen atoms in total. The van der Waals surface area contributed by atoms with E-state index >= 15 is 0 Å². The molecule has 0 fully saturated rings. The number of nitrogens with one attached hydrogen (secondary N) is 2. The first-order valence-electron chi connectivity index (χ1n) is 6.48. The van der Waals surface area contributed by atoms with Crippen LogP contribution in [0, 0.1) is 12.7 Å². The minimum Gasteiger partial charge on any atom is -0.449 e. The van der Waals surface area contributed by atoms with Crippen molar-refractivity contribution < 1.29 is 23.2 Å². The van der Waals surface area contributed by atoms with Crippen molar-refractivity contribution in [3.05, 3.63) is 41.4 Å². The van der Waals surface area contributed by atoms with Crippen molar-refractivity contribution in [3.63, 3.8) is 0 Å². The standard InChI is InChI=1S/C14H14FN3O4/c1-3-21-14(20)17-16-13(19)11-8(2)22-18-12(11)9-4-6-10(15)7-5-9/h4-7H,3H2,1-2H3,(H,16,19)(H,17,20). The molecule has 116 valence electrons. The van der Waals surface area contributed by atoms with Crippen molar-refractivity contribution in [2.24, 2.45) is 0 Å². The highest BCUT2D eigenvalue weighted by molar-refractivity contribution is 6.01. The first-order valence-corrected chi connectivity index (χ1v) is 6.48. The lowest BCUT2D eigenvalue weighted by molar-refractivity contribution is 0.0911. The van der Waals surface area contributed by atoms with Gasteiger partial charge < -0.3 is 9.26 Å². The smallest absolute Gasteiger partial charge is 0.426 e. The fraction of sp³-hybridized carbons (Fsp3) is 0.214. The highest BCUT2D eigenvalue weighted by Crippen LogP contribution is 2.25. The summed E-state index contributed by atoms with van der Waals surface area (Å²) in [5.41, 5.74) is 5.20. The maximum Gasteiger partial charge on any atom is 0.426 e. The lowest BCUT2D eigenvalue weighted by Gasteiger charge is -2.07. The van der Waals surface area contributed by atoms with Crippen LogP contribution >= 0.6 is 0 Å². The Bertz CT molecular complexity index is 682. The van der Waals surface area contributed by atoms with Crippen LogP contribution in [-0.2, 0) is 4.74 Å². The molecule has 22 heavy (non-hydrogen) atoms. The maximum absolute atomic E-state index is 13.0. The van der Waals surface area contributed by atoms with E-state index in [1.165, 1.54) is 24.3 Å². The summed E-state index contributed by atoms with van der Waals surface area (Å²) in [7, 11) is 0. The van der Waals surface area contributed by atoms with Gasteiger partial charge in [0.05, 0.1) is 6.61 Å². The molecule has 2 aromatic rings. The van der Waals surface area contributed by atoms with E-state index in [1.54, 1.807) is 13.8 Å². The van der Waals surface area contributed by atoms with Crippen LogP contribution in [0.4, 0.5) is 9.18 Å². The molecule has 2 amide bonds.